The molecule has 0 aliphatic carbocycles. The summed E-state index contributed by atoms with van der Waals surface area (Å²) >= 11 is 0. The predicted molar refractivity (Wildman–Crippen MR) is 91.9 cm³/mol. The molecule has 0 atom stereocenters. The van der Waals surface area contributed by atoms with Crippen molar-refractivity contribution in [3.8, 4) is 17.2 Å². The van der Waals surface area contributed by atoms with Crippen molar-refractivity contribution in [2.75, 3.05) is 14.2 Å². The quantitative estimate of drug-likeness (QED) is 0.611. The number of methoxy groups -OCH3 is 2. The Bertz CT molecular complexity index is 1080. The van der Waals surface area contributed by atoms with E-state index < -0.39 is 29.1 Å². The van der Waals surface area contributed by atoms with Crippen molar-refractivity contribution in [3.63, 3.8) is 0 Å². The van der Waals surface area contributed by atoms with E-state index in [0.717, 1.165) is 0 Å². The number of benzene rings is 2. The molecule has 146 valence electrons. The van der Waals surface area contributed by atoms with Gasteiger partial charge < -0.3 is 18.6 Å². The van der Waals surface area contributed by atoms with E-state index in [1.165, 1.54) is 56.7 Å². The van der Waals surface area contributed by atoms with Crippen LogP contribution in [0.25, 0.3) is 11.0 Å². The van der Waals surface area contributed by atoms with E-state index in [-0.39, 0.29) is 28.0 Å². The lowest BCUT2D eigenvalue weighted by molar-refractivity contribution is -0.154. The van der Waals surface area contributed by atoms with Crippen molar-refractivity contribution in [3.05, 3.63) is 64.0 Å². The van der Waals surface area contributed by atoms with Gasteiger partial charge in [-0.25, -0.2) is 4.79 Å². The summed E-state index contributed by atoms with van der Waals surface area (Å²) in [5.74, 6) is -3.05. The first kappa shape index (κ1) is 19.3. The number of alkyl halides is 3. The van der Waals surface area contributed by atoms with Crippen LogP contribution in [-0.2, 0) is 10.9 Å². The minimum atomic E-state index is -4.97. The maximum Gasteiger partial charge on any atom is 0.453 e. The molecule has 0 N–H and O–H groups in total. The van der Waals surface area contributed by atoms with Gasteiger partial charge in [0.2, 0.25) is 11.2 Å². The molecular formula is C19H13F3O6. The first-order valence-electron chi connectivity index (χ1n) is 7.83. The maximum atomic E-state index is 13.5. The van der Waals surface area contributed by atoms with Crippen LogP contribution in [-0.4, -0.2) is 20.2 Å². The number of halogens is 3. The fourth-order valence-electron chi connectivity index (χ4n) is 2.46. The molecule has 0 amide bonds. The molecule has 0 saturated heterocycles. The summed E-state index contributed by atoms with van der Waals surface area (Å²) in [6.07, 6.45) is -4.97. The second-order valence-electron chi connectivity index (χ2n) is 5.57. The molecule has 0 spiro atoms. The molecule has 0 aliphatic heterocycles. The van der Waals surface area contributed by atoms with Crippen LogP contribution >= 0.6 is 0 Å². The Kier molecular flexibility index (Phi) is 5.00. The maximum absolute atomic E-state index is 13.5. The number of hydrogen-bond donors (Lipinski definition) is 0. The highest BCUT2D eigenvalue weighted by atomic mass is 19.4. The van der Waals surface area contributed by atoms with E-state index in [4.69, 9.17) is 13.9 Å². The molecule has 3 rings (SSSR count). The number of esters is 1. The van der Waals surface area contributed by atoms with Crippen LogP contribution < -0.4 is 14.9 Å². The van der Waals surface area contributed by atoms with Gasteiger partial charge in [0.1, 0.15) is 17.1 Å². The molecule has 6 nitrogen and oxygen atoms in total. The van der Waals surface area contributed by atoms with E-state index >= 15 is 0 Å². The van der Waals surface area contributed by atoms with Gasteiger partial charge in [0.15, 0.2) is 0 Å². The fourth-order valence-corrected chi connectivity index (χ4v) is 2.46. The Labute approximate surface area is 156 Å². The number of fused-ring (bicyclic) bond motifs is 1. The van der Waals surface area contributed by atoms with Crippen molar-refractivity contribution < 1.29 is 36.6 Å². The van der Waals surface area contributed by atoms with E-state index in [0.29, 0.717) is 0 Å². The van der Waals surface area contributed by atoms with Crippen LogP contribution in [0.3, 0.4) is 0 Å². The second kappa shape index (κ2) is 7.26. The van der Waals surface area contributed by atoms with Gasteiger partial charge in [0.05, 0.1) is 25.2 Å². The van der Waals surface area contributed by atoms with Crippen LogP contribution in [0.2, 0.25) is 0 Å². The molecule has 1 heterocycles. The second-order valence-corrected chi connectivity index (χ2v) is 5.57. The molecule has 9 heteroatoms. The van der Waals surface area contributed by atoms with Crippen molar-refractivity contribution in [2.45, 2.75) is 6.18 Å². The van der Waals surface area contributed by atoms with Gasteiger partial charge in [-0.1, -0.05) is 0 Å². The highest BCUT2D eigenvalue weighted by molar-refractivity contribution is 5.89. The van der Waals surface area contributed by atoms with Gasteiger partial charge in [0, 0.05) is 6.07 Å². The average Bonchev–Trinajstić information content (AvgIpc) is 2.68. The molecule has 1 aromatic heterocycles. The third-order valence-corrected chi connectivity index (χ3v) is 3.81. The molecule has 0 bridgehead atoms. The van der Waals surface area contributed by atoms with Crippen molar-refractivity contribution >= 4 is 16.9 Å². The molecular weight excluding hydrogens is 381 g/mol. The SMILES string of the molecule is COC(=O)c1ccc(Oc2c(C(F)(F)F)oc3cc(OC)ccc3c2=O)cc1. The molecule has 28 heavy (non-hydrogen) atoms. The van der Waals surface area contributed by atoms with Gasteiger partial charge in [-0.3, -0.25) is 4.79 Å². The van der Waals surface area contributed by atoms with Gasteiger partial charge in [-0.15, -0.1) is 0 Å². The molecule has 0 radical (unpaired) electrons. The van der Waals surface area contributed by atoms with Gasteiger partial charge in [0.25, 0.3) is 5.76 Å². The molecule has 2 aromatic carbocycles. The molecule has 0 unspecified atom stereocenters. The lowest BCUT2D eigenvalue weighted by Crippen LogP contribution is -2.15. The summed E-state index contributed by atoms with van der Waals surface area (Å²) in [7, 11) is 2.52. The normalized spacial score (nSPS) is 11.3. The van der Waals surface area contributed by atoms with Crippen molar-refractivity contribution in [1.29, 1.82) is 0 Å². The van der Waals surface area contributed by atoms with Crippen LogP contribution in [0.4, 0.5) is 13.2 Å². The van der Waals surface area contributed by atoms with Gasteiger partial charge >= 0.3 is 12.1 Å². The van der Waals surface area contributed by atoms with E-state index in [9.17, 15) is 22.8 Å². The van der Waals surface area contributed by atoms with Crippen molar-refractivity contribution in [1.82, 2.24) is 0 Å². The largest absolute Gasteiger partial charge is 0.497 e. The molecule has 0 aliphatic rings. The first-order valence-corrected chi connectivity index (χ1v) is 7.83. The summed E-state index contributed by atoms with van der Waals surface area (Å²) in [6.45, 7) is 0. The molecule has 0 fully saturated rings. The summed E-state index contributed by atoms with van der Waals surface area (Å²) in [4.78, 5) is 24.1. The summed E-state index contributed by atoms with van der Waals surface area (Å²) in [6, 6.07) is 8.95. The molecule has 0 saturated carbocycles. The Morgan fingerprint density at radius 2 is 1.64 bits per heavy atom. The van der Waals surface area contributed by atoms with Crippen LogP contribution in [0, 0.1) is 0 Å². The predicted octanol–water partition coefficient (Wildman–Crippen LogP) is 4.40. The number of rotatable bonds is 4. The standard InChI is InChI=1S/C19H13F3O6/c1-25-12-7-8-13-14(9-12)28-17(19(20,21)22)16(15(13)23)27-11-5-3-10(4-6-11)18(24)26-2/h3-9H,1-2H3. The average molecular weight is 394 g/mol. The zero-order valence-corrected chi connectivity index (χ0v) is 14.6. The van der Waals surface area contributed by atoms with Crippen LogP contribution in [0.15, 0.2) is 51.7 Å². The summed E-state index contributed by atoms with van der Waals surface area (Å²) < 4.78 is 60.0. The Balaban J connectivity index is 2.12. The zero-order chi connectivity index (χ0) is 20.5. The third-order valence-electron chi connectivity index (χ3n) is 3.81. The van der Waals surface area contributed by atoms with E-state index in [1.807, 2.05) is 0 Å². The van der Waals surface area contributed by atoms with Crippen LogP contribution in [0.1, 0.15) is 16.1 Å². The highest BCUT2D eigenvalue weighted by Crippen LogP contribution is 2.38. The van der Waals surface area contributed by atoms with Crippen LogP contribution in [0.5, 0.6) is 17.2 Å². The topological polar surface area (TPSA) is 75.0 Å². The lowest BCUT2D eigenvalue weighted by Gasteiger charge is -2.13. The fraction of sp³-hybridized carbons (Fsp3) is 0.158. The minimum absolute atomic E-state index is 0.0849. The monoisotopic (exact) mass is 394 g/mol. The Hall–Kier alpha value is -3.49. The zero-order valence-electron chi connectivity index (χ0n) is 14.6. The third kappa shape index (κ3) is 3.64. The summed E-state index contributed by atoms with van der Waals surface area (Å²) in [5.41, 5.74) is -1.11. The highest BCUT2D eigenvalue weighted by Gasteiger charge is 2.40. The first-order chi connectivity index (χ1) is 13.2. The smallest absolute Gasteiger partial charge is 0.453 e. The Morgan fingerprint density at radius 1 is 1.00 bits per heavy atom. The van der Waals surface area contributed by atoms with E-state index in [2.05, 4.69) is 4.74 Å². The molecule has 3 aromatic rings. The van der Waals surface area contributed by atoms with Gasteiger partial charge in [-0.2, -0.15) is 13.2 Å². The Morgan fingerprint density at radius 3 is 2.21 bits per heavy atom. The van der Waals surface area contributed by atoms with Gasteiger partial charge in [-0.05, 0) is 36.4 Å². The summed E-state index contributed by atoms with van der Waals surface area (Å²) in [5, 5.41) is -0.102. The number of carbonyl (C=O) groups excluding carboxylic acids is 1. The number of ether oxygens (including phenoxy) is 3. The van der Waals surface area contributed by atoms with Crippen molar-refractivity contribution in [2.24, 2.45) is 0 Å². The lowest BCUT2D eigenvalue weighted by atomic mass is 10.2. The number of carbonyl (C=O) groups is 1. The minimum Gasteiger partial charge on any atom is -0.497 e. The number of hydrogen-bond acceptors (Lipinski definition) is 6. The van der Waals surface area contributed by atoms with E-state index in [1.54, 1.807) is 0 Å².